The quantitative estimate of drug-likeness (QED) is 0.791. The average molecular weight is 321 g/mol. The van der Waals surface area contributed by atoms with Crippen LogP contribution in [0.1, 0.15) is 15.9 Å². The van der Waals surface area contributed by atoms with E-state index in [1.165, 1.54) is 5.56 Å². The van der Waals surface area contributed by atoms with Crippen LogP contribution in [0.25, 0.3) is 0 Å². The van der Waals surface area contributed by atoms with E-state index in [9.17, 15) is 4.79 Å². The largest absolute Gasteiger partial charge is 0.357 e. The highest BCUT2D eigenvalue weighted by atomic mass is 79.9. The molecule has 0 saturated carbocycles. The van der Waals surface area contributed by atoms with E-state index in [1.54, 1.807) is 0 Å². The molecule has 2 rings (SSSR count). The second-order valence-corrected chi connectivity index (χ2v) is 5.70. The van der Waals surface area contributed by atoms with Gasteiger partial charge in [0.2, 0.25) is 0 Å². The van der Waals surface area contributed by atoms with E-state index < -0.39 is 0 Å². The molecular weight excluding hydrogens is 304 g/mol. The zero-order valence-corrected chi connectivity index (χ0v) is 12.7. The van der Waals surface area contributed by atoms with E-state index in [1.807, 2.05) is 54.2 Å². The molecule has 1 heterocycles. The summed E-state index contributed by atoms with van der Waals surface area (Å²) in [6, 6.07) is 10.0. The second kappa shape index (κ2) is 6.17. The number of likely N-dealkylation sites (N-methyl/N-ethyl adjacent to an activating group) is 1. The molecule has 100 valence electrons. The summed E-state index contributed by atoms with van der Waals surface area (Å²) >= 11 is 3.41. The van der Waals surface area contributed by atoms with E-state index in [2.05, 4.69) is 28.1 Å². The van der Waals surface area contributed by atoms with Gasteiger partial charge in [-0.3, -0.25) is 9.69 Å². The number of nitrogens with zero attached hydrogens (tertiary/aromatic N) is 2. The number of rotatable bonds is 5. The minimum absolute atomic E-state index is 0.153. The molecular formula is C15H17BrN2O. The van der Waals surface area contributed by atoms with Gasteiger partial charge in [-0.05, 0) is 30.8 Å². The van der Waals surface area contributed by atoms with Gasteiger partial charge in [-0.25, -0.2) is 0 Å². The Morgan fingerprint density at radius 1 is 1.26 bits per heavy atom. The van der Waals surface area contributed by atoms with E-state index in [4.69, 9.17) is 0 Å². The van der Waals surface area contributed by atoms with Crippen molar-refractivity contribution in [3.8, 4) is 0 Å². The molecule has 0 N–H and O–H groups in total. The van der Waals surface area contributed by atoms with Gasteiger partial charge in [0.1, 0.15) is 0 Å². The van der Waals surface area contributed by atoms with Crippen molar-refractivity contribution >= 4 is 21.7 Å². The number of carbonyl (C=O) groups excluding carboxylic acids is 1. The number of ketones is 1. The first-order chi connectivity index (χ1) is 9.04. The Bertz CT molecular complexity index is 560. The Morgan fingerprint density at radius 3 is 2.53 bits per heavy atom. The van der Waals surface area contributed by atoms with Gasteiger partial charge in [0.15, 0.2) is 5.78 Å². The Labute approximate surface area is 122 Å². The van der Waals surface area contributed by atoms with E-state index in [0.29, 0.717) is 6.54 Å². The highest BCUT2D eigenvalue weighted by Crippen LogP contribution is 2.12. The fourth-order valence-electron chi connectivity index (χ4n) is 1.96. The fraction of sp³-hybridized carbons (Fsp3) is 0.267. The summed E-state index contributed by atoms with van der Waals surface area (Å²) in [5.41, 5.74) is 1.97. The topological polar surface area (TPSA) is 25.2 Å². The molecule has 0 bridgehead atoms. The first kappa shape index (κ1) is 14.0. The summed E-state index contributed by atoms with van der Waals surface area (Å²) < 4.78 is 2.96. The van der Waals surface area contributed by atoms with Crippen LogP contribution < -0.4 is 0 Å². The lowest BCUT2D eigenvalue weighted by Gasteiger charge is -2.15. The first-order valence-electron chi connectivity index (χ1n) is 6.13. The van der Waals surface area contributed by atoms with Crippen molar-refractivity contribution in [1.29, 1.82) is 0 Å². The molecule has 0 aliphatic carbocycles. The summed E-state index contributed by atoms with van der Waals surface area (Å²) in [4.78, 5) is 14.1. The molecule has 4 heteroatoms. The van der Waals surface area contributed by atoms with Gasteiger partial charge >= 0.3 is 0 Å². The van der Waals surface area contributed by atoms with E-state index in [-0.39, 0.29) is 5.78 Å². The van der Waals surface area contributed by atoms with Crippen LogP contribution in [0.15, 0.2) is 47.2 Å². The minimum Gasteiger partial charge on any atom is -0.357 e. The van der Waals surface area contributed by atoms with Crippen LogP contribution in [-0.2, 0) is 13.6 Å². The molecule has 0 fully saturated rings. The molecule has 19 heavy (non-hydrogen) atoms. The normalized spacial score (nSPS) is 10.9. The van der Waals surface area contributed by atoms with Gasteiger partial charge in [0, 0.05) is 36.0 Å². The lowest BCUT2D eigenvalue weighted by Crippen LogP contribution is -2.25. The maximum Gasteiger partial charge on any atom is 0.178 e. The number of halogens is 1. The van der Waals surface area contributed by atoms with Crippen LogP contribution in [-0.4, -0.2) is 28.8 Å². The summed E-state index contributed by atoms with van der Waals surface area (Å²) in [6.45, 7) is 1.20. The van der Waals surface area contributed by atoms with Crippen molar-refractivity contribution in [2.75, 3.05) is 13.6 Å². The zero-order valence-electron chi connectivity index (χ0n) is 11.1. The average Bonchev–Trinajstić information content (AvgIpc) is 2.79. The summed E-state index contributed by atoms with van der Waals surface area (Å²) in [5.74, 6) is 0.153. The number of hydrogen-bond acceptors (Lipinski definition) is 2. The van der Waals surface area contributed by atoms with E-state index >= 15 is 0 Å². The van der Waals surface area contributed by atoms with Crippen molar-refractivity contribution < 1.29 is 4.79 Å². The highest BCUT2D eigenvalue weighted by Gasteiger charge is 2.10. The van der Waals surface area contributed by atoms with Crippen LogP contribution in [0.5, 0.6) is 0 Å². The van der Waals surface area contributed by atoms with Gasteiger partial charge in [-0.2, -0.15) is 0 Å². The van der Waals surface area contributed by atoms with Crippen LogP contribution in [0, 0.1) is 0 Å². The Hall–Kier alpha value is -1.39. The smallest absolute Gasteiger partial charge is 0.178 e. The molecule has 0 aliphatic heterocycles. The highest BCUT2D eigenvalue weighted by molar-refractivity contribution is 9.10. The molecule has 0 amide bonds. The lowest BCUT2D eigenvalue weighted by atomic mass is 10.2. The van der Waals surface area contributed by atoms with Crippen molar-refractivity contribution in [2.45, 2.75) is 6.54 Å². The third-order valence-corrected chi connectivity index (χ3v) is 3.46. The summed E-state index contributed by atoms with van der Waals surface area (Å²) in [5, 5.41) is 0. The molecule has 3 nitrogen and oxygen atoms in total. The van der Waals surface area contributed by atoms with Crippen molar-refractivity contribution in [3.05, 3.63) is 58.3 Å². The zero-order chi connectivity index (χ0) is 13.8. The number of aryl methyl sites for hydroxylation is 1. The third kappa shape index (κ3) is 4.04. The maximum atomic E-state index is 12.1. The lowest BCUT2D eigenvalue weighted by molar-refractivity contribution is 0.0943. The van der Waals surface area contributed by atoms with Gasteiger partial charge in [-0.15, -0.1) is 0 Å². The van der Waals surface area contributed by atoms with Crippen molar-refractivity contribution in [1.82, 2.24) is 9.47 Å². The number of carbonyl (C=O) groups is 1. The van der Waals surface area contributed by atoms with E-state index in [0.717, 1.165) is 16.6 Å². The number of aromatic nitrogens is 1. The summed E-state index contributed by atoms with van der Waals surface area (Å²) in [6.07, 6.45) is 3.75. The predicted molar refractivity (Wildman–Crippen MR) is 80.2 cm³/mol. The van der Waals surface area contributed by atoms with Crippen LogP contribution in [0.2, 0.25) is 0 Å². The van der Waals surface area contributed by atoms with Gasteiger partial charge in [-0.1, -0.05) is 28.1 Å². The van der Waals surface area contributed by atoms with Gasteiger partial charge in [0.05, 0.1) is 6.54 Å². The number of Topliss-reactive ketones (excluding diaryl/α,β-unsaturated/α-hetero) is 1. The van der Waals surface area contributed by atoms with Crippen molar-refractivity contribution in [3.63, 3.8) is 0 Å². The fourth-order valence-corrected chi connectivity index (χ4v) is 2.23. The molecule has 0 unspecified atom stereocenters. The van der Waals surface area contributed by atoms with Gasteiger partial charge in [0.25, 0.3) is 0 Å². The second-order valence-electron chi connectivity index (χ2n) is 4.79. The molecule has 0 spiro atoms. The number of benzene rings is 1. The van der Waals surface area contributed by atoms with Crippen molar-refractivity contribution in [2.24, 2.45) is 7.05 Å². The Morgan fingerprint density at radius 2 is 1.95 bits per heavy atom. The molecule has 0 saturated heterocycles. The molecule has 0 radical (unpaired) electrons. The van der Waals surface area contributed by atoms with Crippen LogP contribution in [0.4, 0.5) is 0 Å². The standard InChI is InChI=1S/C15H17BrN2O/c1-17-8-7-13(10-17)15(19)11-18(2)9-12-3-5-14(16)6-4-12/h3-8,10H,9,11H2,1-2H3. The molecule has 1 aromatic heterocycles. The molecule has 0 aliphatic rings. The first-order valence-corrected chi connectivity index (χ1v) is 6.92. The Kier molecular flexibility index (Phi) is 4.56. The van der Waals surface area contributed by atoms with Crippen LogP contribution in [0.3, 0.4) is 0 Å². The van der Waals surface area contributed by atoms with Gasteiger partial charge < -0.3 is 4.57 Å². The summed E-state index contributed by atoms with van der Waals surface area (Å²) in [7, 11) is 3.88. The molecule has 1 aromatic carbocycles. The Balaban J connectivity index is 1.92. The molecule has 0 atom stereocenters. The third-order valence-electron chi connectivity index (χ3n) is 2.93. The minimum atomic E-state index is 0.153. The monoisotopic (exact) mass is 320 g/mol. The van der Waals surface area contributed by atoms with Crippen LogP contribution >= 0.6 is 15.9 Å². The maximum absolute atomic E-state index is 12.1. The number of hydrogen-bond donors (Lipinski definition) is 0. The predicted octanol–water partition coefficient (Wildman–Crippen LogP) is 3.10. The SMILES string of the molecule is CN(CC(=O)c1ccn(C)c1)Cc1ccc(Br)cc1. The molecule has 2 aromatic rings.